The molecule has 0 bridgehead atoms. The van der Waals surface area contributed by atoms with Gasteiger partial charge in [-0.25, -0.2) is 8.42 Å². The molecule has 2 aliphatic heterocycles. The second-order valence-electron chi connectivity index (χ2n) is 7.31. The number of carbonyl (C=O) groups excluding carboxylic acids is 1. The third-order valence-corrected chi connectivity index (χ3v) is 7.34. The molecule has 0 atom stereocenters. The van der Waals surface area contributed by atoms with Gasteiger partial charge in [-0.05, 0) is 43.9 Å². The molecule has 0 aliphatic carbocycles. The van der Waals surface area contributed by atoms with Crippen molar-refractivity contribution < 1.29 is 17.9 Å². The molecule has 2 aliphatic rings. The zero-order valence-corrected chi connectivity index (χ0v) is 16.7. The third-order valence-electron chi connectivity index (χ3n) is 5.42. The molecule has 0 saturated carbocycles. The largest absolute Gasteiger partial charge is 0.495 e. The van der Waals surface area contributed by atoms with Gasteiger partial charge in [0.2, 0.25) is 10.0 Å². The normalized spacial score (nSPS) is 20.3. The second-order valence-corrected chi connectivity index (χ2v) is 9.22. The van der Waals surface area contributed by atoms with E-state index >= 15 is 0 Å². The molecule has 8 heteroatoms. The zero-order valence-electron chi connectivity index (χ0n) is 15.9. The van der Waals surface area contributed by atoms with Crippen LogP contribution >= 0.6 is 0 Å². The first kappa shape index (κ1) is 20.1. The zero-order chi connectivity index (χ0) is 19.4. The average Bonchev–Trinajstić information content (AvgIpc) is 2.97. The molecule has 2 fully saturated rings. The molecule has 0 aromatic heterocycles. The van der Waals surface area contributed by atoms with Crippen molar-refractivity contribution in [2.45, 2.75) is 49.5 Å². The number of sulfonamides is 1. The van der Waals surface area contributed by atoms with Crippen LogP contribution in [0.25, 0.3) is 0 Å². The van der Waals surface area contributed by atoms with Crippen molar-refractivity contribution in [3.05, 3.63) is 23.8 Å². The van der Waals surface area contributed by atoms with Crippen LogP contribution in [0, 0.1) is 0 Å². The van der Waals surface area contributed by atoms with E-state index in [1.165, 1.54) is 17.5 Å². The summed E-state index contributed by atoms with van der Waals surface area (Å²) in [6.07, 6.45) is 5.32. The second kappa shape index (κ2) is 8.58. The molecule has 150 valence electrons. The Morgan fingerprint density at radius 2 is 1.70 bits per heavy atom. The Hall–Kier alpha value is -1.64. The van der Waals surface area contributed by atoms with Gasteiger partial charge in [-0.15, -0.1) is 0 Å². The Bertz CT molecular complexity index is 765. The molecular formula is C19H29N3O4S. The van der Waals surface area contributed by atoms with E-state index in [0.717, 1.165) is 38.5 Å². The lowest BCUT2D eigenvalue weighted by atomic mass is 10.0. The number of carbonyl (C=O) groups is 1. The standard InChI is InChI=1S/C19H29N3O4S/c1-26-17-7-6-15(19(23)21-12-8-16(20)9-13-21)14-18(17)27(24,25)22-10-4-2-3-5-11-22/h6-7,14,16H,2-5,8-13,20H2,1H3. The molecule has 0 spiro atoms. The molecule has 0 unspecified atom stereocenters. The number of likely N-dealkylation sites (tertiary alicyclic amines) is 1. The van der Waals surface area contributed by atoms with Crippen LogP contribution in [0.4, 0.5) is 0 Å². The highest BCUT2D eigenvalue weighted by atomic mass is 32.2. The lowest BCUT2D eigenvalue weighted by Gasteiger charge is -2.30. The Labute approximate surface area is 161 Å². The number of methoxy groups -OCH3 is 1. The van der Waals surface area contributed by atoms with E-state index < -0.39 is 10.0 Å². The van der Waals surface area contributed by atoms with Gasteiger partial charge in [0.05, 0.1) is 7.11 Å². The third kappa shape index (κ3) is 4.44. The van der Waals surface area contributed by atoms with Gasteiger partial charge in [0.15, 0.2) is 0 Å². The molecular weight excluding hydrogens is 366 g/mol. The number of piperidine rings is 1. The van der Waals surface area contributed by atoms with Crippen molar-refractivity contribution in [2.24, 2.45) is 5.73 Å². The number of hydrogen-bond donors (Lipinski definition) is 1. The first-order chi connectivity index (χ1) is 12.9. The van der Waals surface area contributed by atoms with E-state index in [4.69, 9.17) is 10.5 Å². The molecule has 3 rings (SSSR count). The van der Waals surface area contributed by atoms with Gasteiger partial charge < -0.3 is 15.4 Å². The maximum atomic E-state index is 13.2. The predicted octanol–water partition coefficient (Wildman–Crippen LogP) is 1.82. The lowest BCUT2D eigenvalue weighted by Crippen LogP contribution is -2.42. The maximum Gasteiger partial charge on any atom is 0.253 e. The number of rotatable bonds is 4. The van der Waals surface area contributed by atoms with Crippen LogP contribution in [-0.4, -0.2) is 62.9 Å². The molecule has 2 N–H and O–H groups in total. The van der Waals surface area contributed by atoms with Gasteiger partial charge in [0.1, 0.15) is 10.6 Å². The summed E-state index contributed by atoms with van der Waals surface area (Å²) in [5.41, 5.74) is 6.29. The molecule has 2 saturated heterocycles. The van der Waals surface area contributed by atoms with Crippen LogP contribution in [0.15, 0.2) is 23.1 Å². The maximum absolute atomic E-state index is 13.2. The first-order valence-corrected chi connectivity index (χ1v) is 11.1. The fourth-order valence-electron chi connectivity index (χ4n) is 3.72. The fourth-order valence-corrected chi connectivity index (χ4v) is 5.42. The fraction of sp³-hybridized carbons (Fsp3) is 0.632. The van der Waals surface area contributed by atoms with Gasteiger partial charge >= 0.3 is 0 Å². The van der Waals surface area contributed by atoms with Crippen molar-refractivity contribution in [2.75, 3.05) is 33.3 Å². The molecule has 7 nitrogen and oxygen atoms in total. The summed E-state index contributed by atoms with van der Waals surface area (Å²) in [6, 6.07) is 4.81. The average molecular weight is 396 g/mol. The predicted molar refractivity (Wildman–Crippen MR) is 103 cm³/mol. The minimum atomic E-state index is -3.71. The highest BCUT2D eigenvalue weighted by Crippen LogP contribution is 2.30. The van der Waals surface area contributed by atoms with Crippen LogP contribution in [0.1, 0.15) is 48.9 Å². The van der Waals surface area contributed by atoms with Gasteiger partial charge in [0.25, 0.3) is 5.91 Å². The number of hydrogen-bond acceptors (Lipinski definition) is 5. The Morgan fingerprint density at radius 3 is 2.30 bits per heavy atom. The van der Waals surface area contributed by atoms with Crippen LogP contribution in [-0.2, 0) is 10.0 Å². The van der Waals surface area contributed by atoms with E-state index in [1.807, 2.05) is 0 Å². The summed E-state index contributed by atoms with van der Waals surface area (Å²) in [5, 5.41) is 0. The highest BCUT2D eigenvalue weighted by Gasteiger charge is 2.30. The number of ether oxygens (including phenoxy) is 1. The Kier molecular flexibility index (Phi) is 6.39. The quantitative estimate of drug-likeness (QED) is 0.839. The summed E-state index contributed by atoms with van der Waals surface area (Å²) in [6.45, 7) is 2.21. The summed E-state index contributed by atoms with van der Waals surface area (Å²) in [7, 11) is -2.26. The number of amides is 1. The smallest absolute Gasteiger partial charge is 0.253 e. The van der Waals surface area contributed by atoms with Crippen LogP contribution in [0.5, 0.6) is 5.75 Å². The Balaban J connectivity index is 1.90. The summed E-state index contributed by atoms with van der Waals surface area (Å²) >= 11 is 0. The summed E-state index contributed by atoms with van der Waals surface area (Å²) in [4.78, 5) is 14.7. The molecule has 1 amide bonds. The van der Waals surface area contributed by atoms with Crippen molar-refractivity contribution in [3.8, 4) is 5.75 Å². The Morgan fingerprint density at radius 1 is 1.07 bits per heavy atom. The highest BCUT2D eigenvalue weighted by molar-refractivity contribution is 7.89. The minimum Gasteiger partial charge on any atom is -0.495 e. The van der Waals surface area contributed by atoms with Crippen LogP contribution < -0.4 is 10.5 Å². The van der Waals surface area contributed by atoms with Crippen molar-refractivity contribution in [1.82, 2.24) is 9.21 Å². The van der Waals surface area contributed by atoms with Gasteiger partial charge in [-0.3, -0.25) is 4.79 Å². The summed E-state index contributed by atoms with van der Waals surface area (Å²) < 4.78 is 33.3. The van der Waals surface area contributed by atoms with E-state index in [0.29, 0.717) is 31.7 Å². The van der Waals surface area contributed by atoms with Crippen LogP contribution in [0.2, 0.25) is 0 Å². The molecule has 1 aromatic carbocycles. The van der Waals surface area contributed by atoms with Gasteiger partial charge in [0, 0.05) is 37.8 Å². The van der Waals surface area contributed by atoms with E-state index in [2.05, 4.69) is 0 Å². The minimum absolute atomic E-state index is 0.0754. The van der Waals surface area contributed by atoms with Crippen molar-refractivity contribution >= 4 is 15.9 Å². The molecule has 1 aromatic rings. The molecule has 2 heterocycles. The van der Waals surface area contributed by atoms with Crippen molar-refractivity contribution in [3.63, 3.8) is 0 Å². The topological polar surface area (TPSA) is 92.9 Å². The van der Waals surface area contributed by atoms with Gasteiger partial charge in [-0.1, -0.05) is 12.8 Å². The van der Waals surface area contributed by atoms with E-state index in [1.54, 1.807) is 17.0 Å². The lowest BCUT2D eigenvalue weighted by molar-refractivity contribution is 0.0714. The first-order valence-electron chi connectivity index (χ1n) is 9.66. The van der Waals surface area contributed by atoms with E-state index in [-0.39, 0.29) is 22.6 Å². The number of benzene rings is 1. The number of nitrogens with two attached hydrogens (primary N) is 1. The molecule has 0 radical (unpaired) electrons. The monoisotopic (exact) mass is 395 g/mol. The molecule has 27 heavy (non-hydrogen) atoms. The van der Waals surface area contributed by atoms with E-state index in [9.17, 15) is 13.2 Å². The van der Waals surface area contributed by atoms with Gasteiger partial charge in [-0.2, -0.15) is 4.31 Å². The summed E-state index contributed by atoms with van der Waals surface area (Å²) in [5.74, 6) is 0.119. The SMILES string of the molecule is COc1ccc(C(=O)N2CCC(N)CC2)cc1S(=O)(=O)N1CCCCCC1. The number of nitrogens with zero attached hydrogens (tertiary/aromatic N) is 2. The van der Waals surface area contributed by atoms with Crippen LogP contribution in [0.3, 0.4) is 0 Å². The van der Waals surface area contributed by atoms with Crippen molar-refractivity contribution in [1.29, 1.82) is 0 Å².